The fourth-order valence-electron chi connectivity index (χ4n) is 1.51. The van der Waals surface area contributed by atoms with Crippen LogP contribution in [0, 0.1) is 28.8 Å². The van der Waals surface area contributed by atoms with Gasteiger partial charge in [0.1, 0.15) is 5.82 Å². The largest absolute Gasteiger partial charge is 0.206 e. The number of nitrogens with zero attached hydrogens (tertiary/aromatic N) is 1. The molecule has 0 saturated carbocycles. The predicted molar refractivity (Wildman–Crippen MR) is 56.5 cm³/mol. The Kier molecular flexibility index (Phi) is 2.84. The van der Waals surface area contributed by atoms with E-state index in [0.29, 0.717) is 0 Å². The van der Waals surface area contributed by atoms with E-state index in [9.17, 15) is 13.2 Å². The van der Waals surface area contributed by atoms with Gasteiger partial charge in [-0.15, -0.1) is 0 Å². The molecule has 0 unspecified atom stereocenters. The van der Waals surface area contributed by atoms with E-state index < -0.39 is 17.5 Å². The van der Waals surface area contributed by atoms with Crippen molar-refractivity contribution in [2.75, 3.05) is 0 Å². The zero-order valence-electron chi connectivity index (χ0n) is 8.55. The van der Waals surface area contributed by atoms with E-state index in [1.54, 1.807) is 6.07 Å². The van der Waals surface area contributed by atoms with Crippen molar-refractivity contribution >= 4 is 0 Å². The van der Waals surface area contributed by atoms with Crippen LogP contribution in [-0.4, -0.2) is 0 Å². The van der Waals surface area contributed by atoms with Gasteiger partial charge in [-0.1, -0.05) is 18.2 Å². The summed E-state index contributed by atoms with van der Waals surface area (Å²) in [5.41, 5.74) is -0.101. The summed E-state index contributed by atoms with van der Waals surface area (Å²) in [7, 11) is 0. The van der Waals surface area contributed by atoms with Gasteiger partial charge in [-0.25, -0.2) is 13.2 Å². The van der Waals surface area contributed by atoms with Gasteiger partial charge in [0, 0.05) is 11.1 Å². The lowest BCUT2D eigenvalue weighted by Gasteiger charge is -2.05. The molecule has 0 amide bonds. The quantitative estimate of drug-likeness (QED) is 0.737. The first-order valence-electron chi connectivity index (χ1n) is 4.77. The maximum Gasteiger partial charge on any atom is 0.166 e. The molecule has 0 aliphatic rings. The van der Waals surface area contributed by atoms with Crippen LogP contribution in [0.4, 0.5) is 13.2 Å². The van der Waals surface area contributed by atoms with E-state index in [0.717, 1.165) is 12.1 Å². The molecule has 4 heteroatoms. The third-order valence-electron chi connectivity index (χ3n) is 2.34. The number of hydrogen-bond acceptors (Lipinski definition) is 1. The van der Waals surface area contributed by atoms with E-state index in [4.69, 9.17) is 5.26 Å². The Hall–Kier alpha value is -2.28. The standard InChI is InChI=1S/C13H6F3N/c14-11-3-1-2-10(13(11)16)9-5-4-8(7-17)6-12(9)15/h1-6H. The van der Waals surface area contributed by atoms with Gasteiger partial charge in [0.25, 0.3) is 0 Å². The molecule has 0 saturated heterocycles. The van der Waals surface area contributed by atoms with Crippen LogP contribution in [0.2, 0.25) is 0 Å². The fraction of sp³-hybridized carbons (Fsp3) is 0. The highest BCUT2D eigenvalue weighted by molar-refractivity contribution is 5.65. The van der Waals surface area contributed by atoms with Gasteiger partial charge in [0.2, 0.25) is 0 Å². The molecule has 2 aromatic carbocycles. The number of hydrogen-bond donors (Lipinski definition) is 0. The molecular weight excluding hydrogens is 227 g/mol. The molecule has 0 atom stereocenters. The van der Waals surface area contributed by atoms with Gasteiger partial charge in [-0.05, 0) is 18.2 Å². The van der Waals surface area contributed by atoms with Crippen molar-refractivity contribution in [2.45, 2.75) is 0 Å². The van der Waals surface area contributed by atoms with Gasteiger partial charge in [0.15, 0.2) is 11.6 Å². The summed E-state index contributed by atoms with van der Waals surface area (Å²) in [6.45, 7) is 0. The van der Waals surface area contributed by atoms with Crippen LogP contribution in [-0.2, 0) is 0 Å². The van der Waals surface area contributed by atoms with Crippen molar-refractivity contribution in [1.29, 1.82) is 5.26 Å². The van der Waals surface area contributed by atoms with Crippen molar-refractivity contribution in [3.05, 3.63) is 59.4 Å². The average Bonchev–Trinajstić information content (AvgIpc) is 2.33. The maximum absolute atomic E-state index is 13.6. The zero-order chi connectivity index (χ0) is 12.4. The number of benzene rings is 2. The summed E-state index contributed by atoms with van der Waals surface area (Å²) < 4.78 is 40.0. The van der Waals surface area contributed by atoms with E-state index >= 15 is 0 Å². The second-order valence-corrected chi connectivity index (χ2v) is 3.41. The molecule has 84 valence electrons. The summed E-state index contributed by atoms with van der Waals surface area (Å²) in [6.07, 6.45) is 0. The van der Waals surface area contributed by atoms with Crippen LogP contribution >= 0.6 is 0 Å². The predicted octanol–water partition coefficient (Wildman–Crippen LogP) is 3.64. The summed E-state index contributed by atoms with van der Waals surface area (Å²) in [4.78, 5) is 0. The molecular formula is C13H6F3N. The van der Waals surface area contributed by atoms with Gasteiger partial charge in [-0.3, -0.25) is 0 Å². The van der Waals surface area contributed by atoms with Crippen molar-refractivity contribution in [3.63, 3.8) is 0 Å². The van der Waals surface area contributed by atoms with E-state index in [2.05, 4.69) is 0 Å². The van der Waals surface area contributed by atoms with Crippen molar-refractivity contribution in [2.24, 2.45) is 0 Å². The molecule has 0 heterocycles. The first kappa shape index (κ1) is 11.2. The molecule has 2 aromatic rings. The molecule has 0 aliphatic carbocycles. The average molecular weight is 233 g/mol. The zero-order valence-corrected chi connectivity index (χ0v) is 8.55. The van der Waals surface area contributed by atoms with Gasteiger partial charge in [0.05, 0.1) is 11.6 Å². The molecule has 0 fully saturated rings. The van der Waals surface area contributed by atoms with Crippen LogP contribution in [0.3, 0.4) is 0 Å². The van der Waals surface area contributed by atoms with Crippen molar-refractivity contribution in [1.82, 2.24) is 0 Å². The van der Waals surface area contributed by atoms with E-state index in [1.807, 2.05) is 0 Å². The SMILES string of the molecule is N#Cc1ccc(-c2cccc(F)c2F)c(F)c1. The molecule has 0 aromatic heterocycles. The Balaban J connectivity index is 2.62. The van der Waals surface area contributed by atoms with Gasteiger partial charge < -0.3 is 0 Å². The van der Waals surface area contributed by atoms with Crippen LogP contribution in [0.15, 0.2) is 36.4 Å². The molecule has 17 heavy (non-hydrogen) atoms. The lowest BCUT2D eigenvalue weighted by Crippen LogP contribution is -1.92. The lowest BCUT2D eigenvalue weighted by molar-refractivity contribution is 0.510. The lowest BCUT2D eigenvalue weighted by atomic mass is 10.0. The topological polar surface area (TPSA) is 23.8 Å². The van der Waals surface area contributed by atoms with Crippen LogP contribution < -0.4 is 0 Å². The number of nitriles is 1. The Morgan fingerprint density at radius 2 is 1.65 bits per heavy atom. The Morgan fingerprint density at radius 1 is 0.882 bits per heavy atom. The van der Waals surface area contributed by atoms with E-state index in [1.165, 1.54) is 24.3 Å². The maximum atomic E-state index is 13.6. The van der Waals surface area contributed by atoms with Gasteiger partial charge >= 0.3 is 0 Å². The Morgan fingerprint density at radius 3 is 2.29 bits per heavy atom. The minimum absolute atomic E-state index is 0.0685. The summed E-state index contributed by atoms with van der Waals surface area (Å²) in [6, 6.07) is 8.89. The van der Waals surface area contributed by atoms with Crippen molar-refractivity contribution < 1.29 is 13.2 Å². The highest BCUT2D eigenvalue weighted by Crippen LogP contribution is 2.27. The third-order valence-corrected chi connectivity index (χ3v) is 2.34. The highest BCUT2D eigenvalue weighted by Gasteiger charge is 2.13. The summed E-state index contributed by atoms with van der Waals surface area (Å²) in [5.74, 6) is -2.89. The fourth-order valence-corrected chi connectivity index (χ4v) is 1.51. The second-order valence-electron chi connectivity index (χ2n) is 3.41. The number of rotatable bonds is 1. The molecule has 0 N–H and O–H groups in total. The van der Waals surface area contributed by atoms with Crippen LogP contribution in [0.1, 0.15) is 5.56 Å². The Labute approximate surface area is 95.7 Å². The minimum Gasteiger partial charge on any atom is -0.206 e. The summed E-state index contributed by atoms with van der Waals surface area (Å²) >= 11 is 0. The molecule has 2 rings (SSSR count). The summed E-state index contributed by atoms with van der Waals surface area (Å²) in [5, 5.41) is 8.57. The smallest absolute Gasteiger partial charge is 0.166 e. The molecule has 0 spiro atoms. The minimum atomic E-state index is -1.10. The number of halogens is 3. The first-order valence-corrected chi connectivity index (χ1v) is 4.77. The van der Waals surface area contributed by atoms with E-state index in [-0.39, 0.29) is 16.7 Å². The molecule has 0 bridgehead atoms. The Bertz CT molecular complexity index is 615. The molecule has 1 nitrogen and oxygen atoms in total. The van der Waals surface area contributed by atoms with Crippen LogP contribution in [0.5, 0.6) is 0 Å². The third kappa shape index (κ3) is 2.00. The highest BCUT2D eigenvalue weighted by atomic mass is 19.2. The van der Waals surface area contributed by atoms with Crippen molar-refractivity contribution in [3.8, 4) is 17.2 Å². The second kappa shape index (κ2) is 4.30. The normalized spacial score (nSPS) is 10.0. The molecule has 0 radical (unpaired) electrons. The van der Waals surface area contributed by atoms with Crippen LogP contribution in [0.25, 0.3) is 11.1 Å². The molecule has 0 aliphatic heterocycles. The first-order chi connectivity index (χ1) is 8.13. The monoisotopic (exact) mass is 233 g/mol. The van der Waals surface area contributed by atoms with Gasteiger partial charge in [-0.2, -0.15) is 5.26 Å².